The molecule has 1 aliphatic rings. The van der Waals surface area contributed by atoms with E-state index in [9.17, 15) is 0 Å². The van der Waals surface area contributed by atoms with E-state index in [2.05, 4.69) is 12.1 Å². The first-order chi connectivity index (χ1) is 9.85. The van der Waals surface area contributed by atoms with Crippen LogP contribution in [0.4, 0.5) is 5.69 Å². The zero-order valence-electron chi connectivity index (χ0n) is 12.4. The van der Waals surface area contributed by atoms with Crippen LogP contribution in [0.5, 0.6) is 5.75 Å². The van der Waals surface area contributed by atoms with Crippen molar-refractivity contribution in [1.82, 2.24) is 0 Å². The van der Waals surface area contributed by atoms with Gasteiger partial charge >= 0.3 is 0 Å². The third-order valence-corrected chi connectivity index (χ3v) is 4.05. The highest BCUT2D eigenvalue weighted by Crippen LogP contribution is 2.40. The van der Waals surface area contributed by atoms with Crippen LogP contribution in [0, 0.1) is 6.92 Å². The molecule has 2 aromatic rings. The number of rotatable bonds is 1. The molecular weight excluding hydrogens is 282 g/mol. The van der Waals surface area contributed by atoms with Gasteiger partial charge in [-0.15, -0.1) is 0 Å². The summed E-state index contributed by atoms with van der Waals surface area (Å²) < 4.78 is 6.02. The van der Waals surface area contributed by atoms with Gasteiger partial charge in [0.1, 0.15) is 11.4 Å². The van der Waals surface area contributed by atoms with Crippen LogP contribution >= 0.6 is 11.6 Å². The van der Waals surface area contributed by atoms with Crippen molar-refractivity contribution in [2.75, 3.05) is 5.73 Å². The van der Waals surface area contributed by atoms with Crippen molar-refractivity contribution in [3.63, 3.8) is 0 Å². The summed E-state index contributed by atoms with van der Waals surface area (Å²) in [5, 5.41) is 0.781. The molecule has 0 saturated heterocycles. The number of aryl methyl sites for hydroxylation is 1. The molecule has 0 saturated carbocycles. The standard InChI is InChI=1S/C18H18ClNO/c1-11-8-12(4-7-16(11)19)15-10-18(2,3)21-17-9-13(20)5-6-14(15)17/h4-10H,20H2,1-3H3. The fourth-order valence-electron chi connectivity index (χ4n) is 2.64. The molecule has 0 fully saturated rings. The molecule has 2 aromatic carbocycles. The second-order valence-corrected chi connectivity index (χ2v) is 6.39. The van der Waals surface area contributed by atoms with Gasteiger partial charge in [-0.3, -0.25) is 0 Å². The first kappa shape index (κ1) is 14.0. The maximum atomic E-state index is 6.14. The quantitative estimate of drug-likeness (QED) is 0.765. The number of nitrogens with two attached hydrogens (primary N) is 1. The highest BCUT2D eigenvalue weighted by molar-refractivity contribution is 6.31. The van der Waals surface area contributed by atoms with Crippen LogP contribution in [0.25, 0.3) is 5.57 Å². The molecule has 21 heavy (non-hydrogen) atoms. The molecule has 0 unspecified atom stereocenters. The number of benzene rings is 2. The van der Waals surface area contributed by atoms with E-state index in [1.807, 2.05) is 51.1 Å². The molecule has 1 aliphatic heterocycles. The van der Waals surface area contributed by atoms with Gasteiger partial charge in [-0.05, 0) is 67.8 Å². The van der Waals surface area contributed by atoms with Crippen molar-refractivity contribution in [3.8, 4) is 5.75 Å². The van der Waals surface area contributed by atoms with Crippen LogP contribution in [-0.4, -0.2) is 5.60 Å². The summed E-state index contributed by atoms with van der Waals surface area (Å²) >= 11 is 6.14. The van der Waals surface area contributed by atoms with Crippen molar-refractivity contribution >= 4 is 22.9 Å². The zero-order chi connectivity index (χ0) is 15.2. The maximum absolute atomic E-state index is 6.14. The average Bonchev–Trinajstić information content (AvgIpc) is 2.39. The van der Waals surface area contributed by atoms with Crippen LogP contribution in [0.2, 0.25) is 5.02 Å². The monoisotopic (exact) mass is 299 g/mol. The molecule has 108 valence electrons. The Kier molecular flexibility index (Phi) is 3.22. The SMILES string of the molecule is Cc1cc(C2=CC(C)(C)Oc3cc(N)ccc32)ccc1Cl. The smallest absolute Gasteiger partial charge is 0.130 e. The number of nitrogen functional groups attached to an aromatic ring is 1. The number of ether oxygens (including phenoxy) is 1. The first-order valence-corrected chi connectivity index (χ1v) is 7.32. The molecule has 0 bridgehead atoms. The molecule has 0 aromatic heterocycles. The molecular formula is C18H18ClNO. The minimum atomic E-state index is -0.371. The molecule has 0 radical (unpaired) electrons. The van der Waals surface area contributed by atoms with Crippen molar-refractivity contribution in [2.24, 2.45) is 0 Å². The Hall–Kier alpha value is -1.93. The Balaban J connectivity index is 2.20. The van der Waals surface area contributed by atoms with E-state index in [0.29, 0.717) is 5.69 Å². The van der Waals surface area contributed by atoms with Gasteiger partial charge < -0.3 is 10.5 Å². The fourth-order valence-corrected chi connectivity index (χ4v) is 2.75. The van der Waals surface area contributed by atoms with Gasteiger partial charge in [-0.25, -0.2) is 0 Å². The largest absolute Gasteiger partial charge is 0.483 e. The molecule has 2 nitrogen and oxygen atoms in total. The van der Waals surface area contributed by atoms with E-state index in [1.54, 1.807) is 0 Å². The van der Waals surface area contributed by atoms with Gasteiger partial charge in [0.25, 0.3) is 0 Å². The Labute approximate surface area is 130 Å². The minimum absolute atomic E-state index is 0.371. The predicted octanol–water partition coefficient (Wildman–Crippen LogP) is 4.83. The molecule has 0 atom stereocenters. The maximum Gasteiger partial charge on any atom is 0.130 e. The van der Waals surface area contributed by atoms with Crippen LogP contribution in [0.15, 0.2) is 42.5 Å². The average molecular weight is 300 g/mol. The van der Waals surface area contributed by atoms with Crippen LogP contribution in [-0.2, 0) is 0 Å². The van der Waals surface area contributed by atoms with Crippen molar-refractivity contribution < 1.29 is 4.74 Å². The third-order valence-electron chi connectivity index (χ3n) is 3.63. The summed E-state index contributed by atoms with van der Waals surface area (Å²) in [7, 11) is 0. The lowest BCUT2D eigenvalue weighted by Crippen LogP contribution is -2.29. The van der Waals surface area contributed by atoms with Crippen LogP contribution in [0.3, 0.4) is 0 Å². The molecule has 3 heteroatoms. The second kappa shape index (κ2) is 4.81. The summed E-state index contributed by atoms with van der Waals surface area (Å²) in [5.41, 5.74) is 10.6. The van der Waals surface area contributed by atoms with Gasteiger partial charge in [-0.2, -0.15) is 0 Å². The Bertz CT molecular complexity index is 747. The second-order valence-electron chi connectivity index (χ2n) is 5.98. The Morgan fingerprint density at radius 1 is 1.10 bits per heavy atom. The van der Waals surface area contributed by atoms with Crippen molar-refractivity contribution in [2.45, 2.75) is 26.4 Å². The highest BCUT2D eigenvalue weighted by Gasteiger charge is 2.27. The van der Waals surface area contributed by atoms with Crippen LogP contribution in [0.1, 0.15) is 30.5 Å². The Morgan fingerprint density at radius 2 is 1.86 bits per heavy atom. The van der Waals surface area contributed by atoms with E-state index < -0.39 is 0 Å². The first-order valence-electron chi connectivity index (χ1n) is 6.94. The highest BCUT2D eigenvalue weighted by atomic mass is 35.5. The Morgan fingerprint density at radius 3 is 2.57 bits per heavy atom. The minimum Gasteiger partial charge on any atom is -0.483 e. The van der Waals surface area contributed by atoms with Gasteiger partial charge in [0, 0.05) is 22.3 Å². The molecule has 0 amide bonds. The molecule has 3 rings (SSSR count). The normalized spacial score (nSPS) is 15.9. The van der Waals surface area contributed by atoms with E-state index in [1.165, 1.54) is 0 Å². The predicted molar refractivity (Wildman–Crippen MR) is 88.8 cm³/mol. The topological polar surface area (TPSA) is 35.2 Å². The van der Waals surface area contributed by atoms with E-state index >= 15 is 0 Å². The van der Waals surface area contributed by atoms with Crippen LogP contribution < -0.4 is 10.5 Å². The lowest BCUT2D eigenvalue weighted by molar-refractivity contribution is 0.158. The lowest BCUT2D eigenvalue weighted by Gasteiger charge is -2.31. The number of hydrogen-bond donors (Lipinski definition) is 1. The number of anilines is 1. The summed E-state index contributed by atoms with van der Waals surface area (Å²) in [4.78, 5) is 0. The van der Waals surface area contributed by atoms with E-state index in [0.717, 1.165) is 33.0 Å². The third kappa shape index (κ3) is 2.64. The number of hydrogen-bond acceptors (Lipinski definition) is 2. The van der Waals surface area contributed by atoms with Gasteiger partial charge in [0.15, 0.2) is 0 Å². The lowest BCUT2D eigenvalue weighted by atomic mass is 9.89. The van der Waals surface area contributed by atoms with Crippen molar-refractivity contribution in [3.05, 3.63) is 64.2 Å². The molecule has 1 heterocycles. The number of fused-ring (bicyclic) bond motifs is 1. The molecule has 0 spiro atoms. The van der Waals surface area contributed by atoms with Gasteiger partial charge in [-0.1, -0.05) is 17.7 Å². The summed E-state index contributed by atoms with van der Waals surface area (Å²) in [6, 6.07) is 11.9. The molecule has 0 aliphatic carbocycles. The summed E-state index contributed by atoms with van der Waals surface area (Å²) in [6.45, 7) is 6.10. The summed E-state index contributed by atoms with van der Waals surface area (Å²) in [5.74, 6) is 0.824. The van der Waals surface area contributed by atoms with E-state index in [4.69, 9.17) is 22.1 Å². The van der Waals surface area contributed by atoms with Gasteiger partial charge in [0.2, 0.25) is 0 Å². The molecule has 2 N–H and O–H groups in total. The zero-order valence-corrected chi connectivity index (χ0v) is 13.2. The van der Waals surface area contributed by atoms with E-state index in [-0.39, 0.29) is 5.60 Å². The number of halogens is 1. The van der Waals surface area contributed by atoms with Gasteiger partial charge in [0.05, 0.1) is 0 Å². The van der Waals surface area contributed by atoms with Crippen molar-refractivity contribution in [1.29, 1.82) is 0 Å². The summed E-state index contributed by atoms with van der Waals surface area (Å²) in [6.07, 6.45) is 2.15. The fraction of sp³-hybridized carbons (Fsp3) is 0.222.